The van der Waals surface area contributed by atoms with Crippen molar-refractivity contribution >= 4 is 16.0 Å². The standard InChI is InChI=1S/C18H22F3N5O3S/c1-10-9-26(30(4,28)29)11(2)8-25(10)17-22-12(3)16(23-24-17)14-6-5-13(7-15(14)27)18(19,20)21/h5-7,10-11,27H,8-9H2,1-4H3/t10-,11+/m1/s1. The molecule has 8 nitrogen and oxygen atoms in total. The molecule has 1 fully saturated rings. The first-order chi connectivity index (χ1) is 13.8. The molecule has 30 heavy (non-hydrogen) atoms. The molecule has 0 bridgehead atoms. The van der Waals surface area contributed by atoms with Gasteiger partial charge in [-0.3, -0.25) is 0 Å². The van der Waals surface area contributed by atoms with Gasteiger partial charge >= 0.3 is 6.18 Å². The molecule has 0 saturated carbocycles. The lowest BCUT2D eigenvalue weighted by molar-refractivity contribution is -0.137. The molecule has 1 aromatic heterocycles. The highest BCUT2D eigenvalue weighted by Crippen LogP contribution is 2.36. The maximum atomic E-state index is 12.8. The second kappa shape index (κ2) is 7.65. The number of aryl methyl sites for hydroxylation is 1. The van der Waals surface area contributed by atoms with Gasteiger partial charge in [-0.25, -0.2) is 13.4 Å². The first-order valence-electron chi connectivity index (χ1n) is 9.14. The lowest BCUT2D eigenvalue weighted by atomic mass is 10.1. The summed E-state index contributed by atoms with van der Waals surface area (Å²) in [6.07, 6.45) is -3.40. The van der Waals surface area contributed by atoms with Gasteiger partial charge in [0.2, 0.25) is 16.0 Å². The molecule has 0 amide bonds. The summed E-state index contributed by atoms with van der Waals surface area (Å²) in [5, 5.41) is 18.2. The normalized spacial score (nSPS) is 21.1. The van der Waals surface area contributed by atoms with Crippen LogP contribution in [-0.4, -0.2) is 64.4 Å². The Morgan fingerprint density at radius 2 is 1.80 bits per heavy atom. The lowest BCUT2D eigenvalue weighted by Crippen LogP contribution is -2.58. The van der Waals surface area contributed by atoms with Crippen molar-refractivity contribution < 1.29 is 26.7 Å². The molecule has 2 atom stereocenters. The van der Waals surface area contributed by atoms with Crippen molar-refractivity contribution in [1.29, 1.82) is 0 Å². The van der Waals surface area contributed by atoms with Crippen LogP contribution in [0.25, 0.3) is 11.3 Å². The van der Waals surface area contributed by atoms with Crippen molar-refractivity contribution in [1.82, 2.24) is 19.5 Å². The SMILES string of the molecule is Cc1nc(N2C[C@H](C)N(S(C)(=O)=O)C[C@H]2C)nnc1-c1ccc(C(F)(F)F)cc1O. The van der Waals surface area contributed by atoms with Crippen LogP contribution in [0.4, 0.5) is 19.1 Å². The second-order valence-electron chi connectivity index (χ2n) is 7.46. The smallest absolute Gasteiger partial charge is 0.416 e. The Kier molecular flexibility index (Phi) is 5.67. The molecule has 1 aliphatic heterocycles. The maximum Gasteiger partial charge on any atom is 0.416 e. The Morgan fingerprint density at radius 3 is 2.33 bits per heavy atom. The molecule has 0 spiro atoms. The summed E-state index contributed by atoms with van der Waals surface area (Å²) in [6.45, 7) is 5.88. The van der Waals surface area contributed by atoms with Gasteiger partial charge in [0.15, 0.2) is 0 Å². The summed E-state index contributed by atoms with van der Waals surface area (Å²) in [4.78, 5) is 6.24. The number of hydrogen-bond acceptors (Lipinski definition) is 7. The molecular weight excluding hydrogens is 423 g/mol. The van der Waals surface area contributed by atoms with E-state index in [1.165, 1.54) is 10.6 Å². The van der Waals surface area contributed by atoms with Crippen molar-refractivity contribution in [3.63, 3.8) is 0 Å². The van der Waals surface area contributed by atoms with E-state index in [9.17, 15) is 26.7 Å². The van der Waals surface area contributed by atoms with Crippen molar-refractivity contribution in [2.45, 2.75) is 39.0 Å². The summed E-state index contributed by atoms with van der Waals surface area (Å²) in [5.74, 6) is -0.282. The number of nitrogens with zero attached hydrogens (tertiary/aromatic N) is 5. The number of sulfonamides is 1. The van der Waals surface area contributed by atoms with Gasteiger partial charge in [0.05, 0.1) is 17.5 Å². The minimum atomic E-state index is -4.57. The third kappa shape index (κ3) is 4.33. The van der Waals surface area contributed by atoms with Crippen LogP contribution in [0.2, 0.25) is 0 Å². The van der Waals surface area contributed by atoms with Crippen molar-refractivity contribution in [2.75, 3.05) is 24.2 Å². The Labute approximate surface area is 172 Å². The van der Waals surface area contributed by atoms with E-state index in [2.05, 4.69) is 15.2 Å². The van der Waals surface area contributed by atoms with E-state index in [4.69, 9.17) is 0 Å². The van der Waals surface area contributed by atoms with E-state index in [1.54, 1.807) is 13.8 Å². The molecule has 12 heteroatoms. The summed E-state index contributed by atoms with van der Waals surface area (Å²) in [7, 11) is -3.34. The number of phenolic OH excluding ortho intramolecular Hbond substituents is 1. The quantitative estimate of drug-likeness (QED) is 0.775. The molecule has 0 aliphatic carbocycles. The van der Waals surface area contributed by atoms with Gasteiger partial charge in [-0.15, -0.1) is 10.2 Å². The van der Waals surface area contributed by atoms with E-state index in [0.717, 1.165) is 12.1 Å². The van der Waals surface area contributed by atoms with Crippen LogP contribution in [0.15, 0.2) is 18.2 Å². The fourth-order valence-electron chi connectivity index (χ4n) is 3.51. The highest BCUT2D eigenvalue weighted by Gasteiger charge is 2.36. The summed E-state index contributed by atoms with van der Waals surface area (Å²) < 4.78 is 63.7. The summed E-state index contributed by atoms with van der Waals surface area (Å²) in [6, 6.07) is 2.13. The minimum absolute atomic E-state index is 0.0929. The van der Waals surface area contributed by atoms with Crippen LogP contribution in [0.5, 0.6) is 5.75 Å². The number of aromatic hydroxyl groups is 1. The fraction of sp³-hybridized carbons (Fsp3) is 0.500. The van der Waals surface area contributed by atoms with Gasteiger partial charge in [0.1, 0.15) is 11.4 Å². The number of anilines is 1. The number of alkyl halides is 3. The zero-order chi connectivity index (χ0) is 22.4. The monoisotopic (exact) mass is 445 g/mol. The zero-order valence-corrected chi connectivity index (χ0v) is 17.7. The Morgan fingerprint density at radius 1 is 1.13 bits per heavy atom. The van der Waals surface area contributed by atoms with Gasteiger partial charge in [0.25, 0.3) is 0 Å². The molecular formula is C18H22F3N5O3S. The first-order valence-corrected chi connectivity index (χ1v) is 11.0. The topological polar surface area (TPSA) is 99.5 Å². The predicted octanol–water partition coefficient (Wildman–Crippen LogP) is 2.43. The van der Waals surface area contributed by atoms with Gasteiger partial charge in [-0.1, -0.05) is 0 Å². The number of aromatic nitrogens is 3. The third-order valence-corrected chi connectivity index (χ3v) is 6.40. The van der Waals surface area contributed by atoms with Crippen LogP contribution in [0.1, 0.15) is 25.1 Å². The lowest BCUT2D eigenvalue weighted by Gasteiger charge is -2.42. The summed E-state index contributed by atoms with van der Waals surface area (Å²) >= 11 is 0. The van der Waals surface area contributed by atoms with Crippen LogP contribution in [-0.2, 0) is 16.2 Å². The highest BCUT2D eigenvalue weighted by molar-refractivity contribution is 7.88. The van der Waals surface area contributed by atoms with Crippen molar-refractivity contribution in [3.05, 3.63) is 29.5 Å². The molecule has 2 heterocycles. The number of piperazine rings is 1. The van der Waals surface area contributed by atoms with E-state index < -0.39 is 27.5 Å². The van der Waals surface area contributed by atoms with Crippen molar-refractivity contribution in [3.8, 4) is 17.0 Å². The molecule has 1 saturated heterocycles. The number of halogens is 3. The second-order valence-corrected chi connectivity index (χ2v) is 9.39. The molecule has 0 unspecified atom stereocenters. The number of rotatable bonds is 3. The Bertz CT molecular complexity index is 1060. The van der Waals surface area contributed by atoms with Crippen LogP contribution >= 0.6 is 0 Å². The molecule has 0 radical (unpaired) electrons. The molecule has 1 aromatic carbocycles. The predicted molar refractivity (Wildman–Crippen MR) is 104 cm³/mol. The summed E-state index contributed by atoms with van der Waals surface area (Å²) in [5.41, 5.74) is -0.332. The Balaban J connectivity index is 1.90. The zero-order valence-electron chi connectivity index (χ0n) is 16.8. The van der Waals surface area contributed by atoms with Gasteiger partial charge in [0, 0.05) is 30.7 Å². The minimum Gasteiger partial charge on any atom is -0.507 e. The number of benzene rings is 1. The van der Waals surface area contributed by atoms with Gasteiger partial charge in [-0.2, -0.15) is 17.5 Å². The van der Waals surface area contributed by atoms with Gasteiger partial charge < -0.3 is 10.0 Å². The maximum absolute atomic E-state index is 12.8. The van der Waals surface area contributed by atoms with E-state index in [1.807, 2.05) is 11.8 Å². The fourth-order valence-corrected chi connectivity index (χ4v) is 4.71. The number of hydrogen-bond donors (Lipinski definition) is 1. The molecule has 164 valence electrons. The molecule has 2 aromatic rings. The van der Waals surface area contributed by atoms with E-state index in [-0.39, 0.29) is 35.8 Å². The van der Waals surface area contributed by atoms with Crippen LogP contribution in [0.3, 0.4) is 0 Å². The first kappa shape index (κ1) is 22.2. The largest absolute Gasteiger partial charge is 0.507 e. The van der Waals surface area contributed by atoms with Crippen LogP contribution < -0.4 is 4.90 Å². The number of phenols is 1. The van der Waals surface area contributed by atoms with Crippen molar-refractivity contribution in [2.24, 2.45) is 0 Å². The van der Waals surface area contributed by atoms with Crippen LogP contribution in [0, 0.1) is 6.92 Å². The average molecular weight is 445 g/mol. The highest BCUT2D eigenvalue weighted by atomic mass is 32.2. The molecule has 1 N–H and O–H groups in total. The third-order valence-electron chi connectivity index (χ3n) is 5.04. The molecule has 1 aliphatic rings. The van der Waals surface area contributed by atoms with E-state index in [0.29, 0.717) is 18.3 Å². The van der Waals surface area contributed by atoms with E-state index >= 15 is 0 Å². The Hall–Kier alpha value is -2.47. The molecule has 3 rings (SSSR count). The average Bonchev–Trinajstić information content (AvgIpc) is 2.62. The van der Waals surface area contributed by atoms with Gasteiger partial charge in [-0.05, 0) is 39.0 Å².